The number of rotatable bonds is 8. The van der Waals surface area contributed by atoms with Crippen LogP contribution in [0.2, 0.25) is 0 Å². The standard InChI is InChI=1S/C21H32N2O4/c1-6-9-22-21(25)18-13-23(20(24)10-14(2)3)12-17(18)16-11-15(26-4)7-8-19(16)27-5/h7-8,11,14,17-18H,6,9-10,12-13H2,1-5H3,(H,22,25)/t17-,18-/m1/s1. The van der Waals surface area contributed by atoms with Gasteiger partial charge in [0.1, 0.15) is 11.5 Å². The summed E-state index contributed by atoms with van der Waals surface area (Å²) in [4.78, 5) is 27.3. The molecule has 0 unspecified atom stereocenters. The lowest BCUT2D eigenvalue weighted by atomic mass is 9.87. The van der Waals surface area contributed by atoms with Crippen LogP contribution in [-0.2, 0) is 9.59 Å². The Hall–Kier alpha value is -2.24. The molecule has 1 saturated heterocycles. The van der Waals surface area contributed by atoms with Gasteiger partial charge >= 0.3 is 0 Å². The molecule has 0 saturated carbocycles. The Balaban J connectivity index is 2.34. The molecule has 0 aromatic heterocycles. The van der Waals surface area contributed by atoms with Gasteiger partial charge in [-0.25, -0.2) is 0 Å². The van der Waals surface area contributed by atoms with Crippen molar-refractivity contribution >= 4 is 11.8 Å². The highest BCUT2D eigenvalue weighted by Gasteiger charge is 2.41. The van der Waals surface area contributed by atoms with E-state index < -0.39 is 0 Å². The van der Waals surface area contributed by atoms with E-state index in [0.29, 0.717) is 37.6 Å². The maximum Gasteiger partial charge on any atom is 0.225 e. The maximum atomic E-state index is 12.8. The van der Waals surface area contributed by atoms with Gasteiger partial charge in [0.05, 0.1) is 20.1 Å². The molecule has 1 heterocycles. The lowest BCUT2D eigenvalue weighted by Crippen LogP contribution is -2.36. The third kappa shape index (κ3) is 5.15. The molecule has 0 aliphatic carbocycles. The summed E-state index contributed by atoms with van der Waals surface area (Å²) in [6.45, 7) is 7.67. The molecule has 6 nitrogen and oxygen atoms in total. The summed E-state index contributed by atoms with van der Waals surface area (Å²) >= 11 is 0. The van der Waals surface area contributed by atoms with Crippen molar-refractivity contribution in [2.75, 3.05) is 33.9 Å². The lowest BCUT2D eigenvalue weighted by Gasteiger charge is -2.21. The number of carbonyl (C=O) groups excluding carboxylic acids is 2. The van der Waals surface area contributed by atoms with Gasteiger partial charge in [0.2, 0.25) is 11.8 Å². The highest BCUT2D eigenvalue weighted by atomic mass is 16.5. The van der Waals surface area contributed by atoms with Gasteiger partial charge in [-0.15, -0.1) is 0 Å². The largest absolute Gasteiger partial charge is 0.497 e. The Bertz CT molecular complexity index is 660. The van der Waals surface area contributed by atoms with E-state index in [1.54, 1.807) is 14.2 Å². The Kier molecular flexibility index (Phi) is 7.51. The van der Waals surface area contributed by atoms with Crippen LogP contribution in [0.5, 0.6) is 11.5 Å². The zero-order valence-electron chi connectivity index (χ0n) is 17.1. The zero-order valence-corrected chi connectivity index (χ0v) is 17.1. The van der Waals surface area contributed by atoms with Crippen molar-refractivity contribution in [3.8, 4) is 11.5 Å². The summed E-state index contributed by atoms with van der Waals surface area (Å²) in [6, 6.07) is 5.61. The number of hydrogen-bond donors (Lipinski definition) is 1. The molecule has 2 amide bonds. The Labute approximate surface area is 162 Å². The minimum atomic E-state index is -0.298. The van der Waals surface area contributed by atoms with Crippen LogP contribution in [0.4, 0.5) is 0 Å². The molecule has 2 rings (SSSR count). The average molecular weight is 376 g/mol. The first-order valence-corrected chi connectivity index (χ1v) is 9.68. The number of nitrogens with one attached hydrogen (secondary N) is 1. The quantitative estimate of drug-likeness (QED) is 0.758. The molecule has 0 spiro atoms. The van der Waals surface area contributed by atoms with E-state index in [0.717, 1.165) is 12.0 Å². The van der Waals surface area contributed by atoms with Gasteiger partial charge in [-0.1, -0.05) is 20.8 Å². The molecule has 1 N–H and O–H groups in total. The molecule has 150 valence electrons. The second-order valence-corrected chi connectivity index (χ2v) is 7.51. The zero-order chi connectivity index (χ0) is 20.0. The van der Waals surface area contributed by atoms with Crippen molar-refractivity contribution in [2.45, 2.75) is 39.5 Å². The topological polar surface area (TPSA) is 67.9 Å². The first-order chi connectivity index (χ1) is 12.9. The summed E-state index contributed by atoms with van der Waals surface area (Å²) < 4.78 is 10.9. The fraction of sp³-hybridized carbons (Fsp3) is 0.619. The first kappa shape index (κ1) is 21.1. The summed E-state index contributed by atoms with van der Waals surface area (Å²) in [5, 5.41) is 2.99. The van der Waals surface area contributed by atoms with E-state index in [9.17, 15) is 9.59 Å². The number of nitrogens with zero attached hydrogens (tertiary/aromatic N) is 1. The van der Waals surface area contributed by atoms with Gasteiger partial charge in [0, 0.05) is 37.5 Å². The lowest BCUT2D eigenvalue weighted by molar-refractivity contribution is -0.131. The smallest absolute Gasteiger partial charge is 0.225 e. The number of hydrogen-bond acceptors (Lipinski definition) is 4. The van der Waals surface area contributed by atoms with Crippen LogP contribution < -0.4 is 14.8 Å². The molecule has 1 aromatic rings. The van der Waals surface area contributed by atoms with E-state index in [4.69, 9.17) is 9.47 Å². The van der Waals surface area contributed by atoms with Gasteiger partial charge < -0.3 is 19.7 Å². The van der Waals surface area contributed by atoms with Crippen LogP contribution in [0, 0.1) is 11.8 Å². The fourth-order valence-corrected chi connectivity index (χ4v) is 3.58. The molecule has 6 heteroatoms. The van der Waals surface area contributed by atoms with E-state index >= 15 is 0 Å². The van der Waals surface area contributed by atoms with Crippen LogP contribution in [0.3, 0.4) is 0 Å². The minimum absolute atomic E-state index is 0.00781. The van der Waals surface area contributed by atoms with Gasteiger partial charge in [0.15, 0.2) is 0 Å². The van der Waals surface area contributed by atoms with Gasteiger partial charge in [-0.3, -0.25) is 9.59 Å². The summed E-state index contributed by atoms with van der Waals surface area (Å²) in [5.74, 6) is 1.39. The number of likely N-dealkylation sites (tertiary alicyclic amines) is 1. The maximum absolute atomic E-state index is 12.8. The van der Waals surface area contributed by atoms with Crippen molar-refractivity contribution in [1.82, 2.24) is 10.2 Å². The average Bonchev–Trinajstić information content (AvgIpc) is 3.10. The number of carbonyl (C=O) groups is 2. The monoisotopic (exact) mass is 376 g/mol. The van der Waals surface area contributed by atoms with Gasteiger partial charge in [-0.2, -0.15) is 0 Å². The molecule has 27 heavy (non-hydrogen) atoms. The van der Waals surface area contributed by atoms with Crippen molar-refractivity contribution in [1.29, 1.82) is 0 Å². The predicted molar refractivity (Wildman–Crippen MR) is 105 cm³/mol. The molecule has 1 aliphatic heterocycles. The molecule has 1 aliphatic rings. The van der Waals surface area contributed by atoms with E-state index in [1.807, 2.05) is 43.9 Å². The van der Waals surface area contributed by atoms with Crippen LogP contribution in [0.15, 0.2) is 18.2 Å². The third-order valence-corrected chi connectivity index (χ3v) is 4.98. The van der Waals surface area contributed by atoms with Crippen molar-refractivity contribution in [3.63, 3.8) is 0 Å². The van der Waals surface area contributed by atoms with E-state index in [1.165, 1.54) is 0 Å². The molecule has 0 bridgehead atoms. The SMILES string of the molecule is CCCNC(=O)[C@@H]1CN(C(=O)CC(C)C)C[C@@H]1c1cc(OC)ccc1OC. The Morgan fingerprint density at radius 3 is 2.56 bits per heavy atom. The normalized spacial score (nSPS) is 19.3. The molecule has 0 radical (unpaired) electrons. The second kappa shape index (κ2) is 9.62. The van der Waals surface area contributed by atoms with Gasteiger partial charge in [0.25, 0.3) is 0 Å². The predicted octanol–water partition coefficient (Wildman–Crippen LogP) is 2.82. The molecule has 1 aromatic carbocycles. The third-order valence-electron chi connectivity index (χ3n) is 4.98. The summed E-state index contributed by atoms with van der Waals surface area (Å²) in [6.07, 6.45) is 1.37. The summed E-state index contributed by atoms with van der Waals surface area (Å²) in [5.41, 5.74) is 0.911. The fourth-order valence-electron chi connectivity index (χ4n) is 3.58. The second-order valence-electron chi connectivity index (χ2n) is 7.51. The Morgan fingerprint density at radius 1 is 1.22 bits per heavy atom. The van der Waals surface area contributed by atoms with Crippen LogP contribution in [0.25, 0.3) is 0 Å². The highest BCUT2D eigenvalue weighted by Crippen LogP contribution is 2.39. The number of amides is 2. The van der Waals surface area contributed by atoms with Crippen molar-refractivity contribution in [2.24, 2.45) is 11.8 Å². The minimum Gasteiger partial charge on any atom is -0.497 e. The molecule has 1 fully saturated rings. The first-order valence-electron chi connectivity index (χ1n) is 9.68. The Morgan fingerprint density at radius 2 is 1.96 bits per heavy atom. The van der Waals surface area contributed by atoms with Gasteiger partial charge in [-0.05, 0) is 30.5 Å². The van der Waals surface area contributed by atoms with Crippen LogP contribution in [0.1, 0.15) is 45.1 Å². The number of ether oxygens (including phenoxy) is 2. The highest BCUT2D eigenvalue weighted by molar-refractivity contribution is 5.83. The van der Waals surface area contributed by atoms with Crippen LogP contribution >= 0.6 is 0 Å². The van der Waals surface area contributed by atoms with Crippen molar-refractivity contribution in [3.05, 3.63) is 23.8 Å². The number of benzene rings is 1. The van der Waals surface area contributed by atoms with E-state index in [2.05, 4.69) is 5.32 Å². The molecular weight excluding hydrogens is 344 g/mol. The molecule has 2 atom stereocenters. The van der Waals surface area contributed by atoms with Crippen LogP contribution in [-0.4, -0.2) is 50.6 Å². The molecular formula is C21H32N2O4. The van der Waals surface area contributed by atoms with E-state index in [-0.39, 0.29) is 29.6 Å². The number of methoxy groups -OCH3 is 2. The van der Waals surface area contributed by atoms with Crippen molar-refractivity contribution < 1.29 is 19.1 Å². The summed E-state index contributed by atoms with van der Waals surface area (Å²) in [7, 11) is 3.23.